The maximum Gasteiger partial charge on any atom is 0.0173 e. The van der Waals surface area contributed by atoms with Gasteiger partial charge in [-0.2, -0.15) is 0 Å². The molecule has 1 rings (SSSR count). The quantitative estimate of drug-likeness (QED) is 0.741. The Balaban J connectivity index is 2.65. The third kappa shape index (κ3) is 3.82. The molecule has 0 amide bonds. The molecule has 0 spiro atoms. The van der Waals surface area contributed by atoms with Gasteiger partial charge in [0.1, 0.15) is 0 Å². The second-order valence-electron chi connectivity index (χ2n) is 5.07. The smallest absolute Gasteiger partial charge is 0.0173 e. The van der Waals surface area contributed by atoms with E-state index in [1.54, 1.807) is 0 Å². The zero-order valence-corrected chi connectivity index (χ0v) is 12.1. The lowest BCUT2D eigenvalue weighted by Gasteiger charge is -2.33. The van der Waals surface area contributed by atoms with E-state index in [1.807, 2.05) is 0 Å². The Bertz CT molecular complexity index is 309. The highest BCUT2D eigenvalue weighted by Crippen LogP contribution is 2.21. The number of rotatable bonds is 8. The first-order valence-electron chi connectivity index (χ1n) is 7.21. The fraction of sp³-hybridized carbons (Fsp3) is 0.625. The molecule has 0 aliphatic heterocycles. The second kappa shape index (κ2) is 7.55. The van der Waals surface area contributed by atoms with Gasteiger partial charge in [-0.25, -0.2) is 0 Å². The van der Waals surface area contributed by atoms with E-state index in [1.165, 1.54) is 24.8 Å². The third-order valence-electron chi connectivity index (χ3n) is 4.31. The van der Waals surface area contributed by atoms with Crippen molar-refractivity contribution in [3.63, 3.8) is 0 Å². The number of nitrogens with two attached hydrogens (primary N) is 1. The van der Waals surface area contributed by atoms with E-state index in [4.69, 9.17) is 5.73 Å². The highest BCUT2D eigenvalue weighted by atomic mass is 15.0. The summed E-state index contributed by atoms with van der Waals surface area (Å²) in [4.78, 5) is 0. The summed E-state index contributed by atoms with van der Waals surface area (Å²) in [7, 11) is 0. The molecule has 0 aliphatic carbocycles. The van der Waals surface area contributed by atoms with Crippen molar-refractivity contribution in [1.29, 1.82) is 0 Å². The maximum atomic E-state index is 5.92. The van der Waals surface area contributed by atoms with Gasteiger partial charge in [-0.05, 0) is 24.8 Å². The first-order valence-corrected chi connectivity index (χ1v) is 7.21. The highest BCUT2D eigenvalue weighted by Gasteiger charge is 2.24. The lowest BCUT2D eigenvalue weighted by atomic mass is 9.88. The molecule has 0 aliphatic rings. The van der Waals surface area contributed by atoms with E-state index in [2.05, 4.69) is 56.4 Å². The van der Waals surface area contributed by atoms with Gasteiger partial charge >= 0.3 is 0 Å². The Morgan fingerprint density at radius 3 is 2.06 bits per heavy atom. The van der Waals surface area contributed by atoms with Crippen LogP contribution in [0.25, 0.3) is 0 Å². The van der Waals surface area contributed by atoms with Gasteiger partial charge in [-0.3, -0.25) is 0 Å². The average molecular weight is 248 g/mol. The Morgan fingerprint density at radius 2 is 1.61 bits per heavy atom. The normalized spacial score (nSPS) is 13.6. The molecule has 3 N–H and O–H groups in total. The van der Waals surface area contributed by atoms with E-state index < -0.39 is 0 Å². The molecule has 1 unspecified atom stereocenters. The van der Waals surface area contributed by atoms with Crippen LogP contribution in [0.5, 0.6) is 0 Å². The molecule has 0 heterocycles. The average Bonchev–Trinajstić information content (AvgIpc) is 2.45. The van der Waals surface area contributed by atoms with Crippen LogP contribution in [0.1, 0.15) is 51.5 Å². The first kappa shape index (κ1) is 15.2. The van der Waals surface area contributed by atoms with Crippen molar-refractivity contribution in [3.05, 3.63) is 35.9 Å². The first-order chi connectivity index (χ1) is 8.71. The molecule has 0 radical (unpaired) electrons. The largest absolute Gasteiger partial charge is 0.330 e. The monoisotopic (exact) mass is 248 g/mol. The summed E-state index contributed by atoms with van der Waals surface area (Å²) < 4.78 is 0. The molecular formula is C16H28N2. The molecule has 102 valence electrons. The van der Waals surface area contributed by atoms with Crippen LogP contribution < -0.4 is 11.1 Å². The molecule has 1 aromatic carbocycles. The lowest BCUT2D eigenvalue weighted by molar-refractivity contribution is 0.284. The van der Waals surface area contributed by atoms with E-state index in [-0.39, 0.29) is 5.54 Å². The molecule has 2 heteroatoms. The van der Waals surface area contributed by atoms with E-state index >= 15 is 0 Å². The van der Waals surface area contributed by atoms with Gasteiger partial charge in [0.05, 0.1) is 0 Å². The summed E-state index contributed by atoms with van der Waals surface area (Å²) in [5, 5.41) is 3.75. The van der Waals surface area contributed by atoms with Crippen molar-refractivity contribution in [3.8, 4) is 0 Å². The maximum absolute atomic E-state index is 5.92. The van der Waals surface area contributed by atoms with Crippen LogP contribution >= 0.6 is 0 Å². The SMILES string of the molecule is CCC(CC)(CC)NCC(CN)c1ccccc1. The van der Waals surface area contributed by atoms with E-state index in [0.717, 1.165) is 6.54 Å². The fourth-order valence-corrected chi connectivity index (χ4v) is 2.53. The minimum absolute atomic E-state index is 0.280. The standard InChI is InChI=1S/C16H28N2/c1-4-16(5-2,6-3)18-13-15(12-17)14-10-8-7-9-11-14/h7-11,15,18H,4-6,12-13,17H2,1-3H3. The molecular weight excluding hydrogens is 220 g/mol. The Morgan fingerprint density at radius 1 is 1.06 bits per heavy atom. The van der Waals surface area contributed by atoms with Crippen LogP contribution in [0.15, 0.2) is 30.3 Å². The van der Waals surface area contributed by atoms with Crippen molar-refractivity contribution >= 4 is 0 Å². The van der Waals surface area contributed by atoms with Crippen molar-refractivity contribution in [2.75, 3.05) is 13.1 Å². The number of hydrogen-bond donors (Lipinski definition) is 2. The molecule has 18 heavy (non-hydrogen) atoms. The molecule has 1 aromatic rings. The molecule has 0 aromatic heterocycles. The Kier molecular flexibility index (Phi) is 6.37. The Hall–Kier alpha value is -0.860. The molecule has 0 fully saturated rings. The van der Waals surface area contributed by atoms with Crippen molar-refractivity contribution in [2.24, 2.45) is 5.73 Å². The van der Waals surface area contributed by atoms with Gasteiger partial charge in [0, 0.05) is 24.5 Å². The third-order valence-corrected chi connectivity index (χ3v) is 4.31. The minimum atomic E-state index is 0.280. The van der Waals surface area contributed by atoms with Gasteiger partial charge in [0.25, 0.3) is 0 Å². The van der Waals surface area contributed by atoms with Gasteiger partial charge in [-0.1, -0.05) is 51.1 Å². The minimum Gasteiger partial charge on any atom is -0.330 e. The van der Waals surface area contributed by atoms with E-state index in [9.17, 15) is 0 Å². The van der Waals surface area contributed by atoms with Gasteiger partial charge in [0.2, 0.25) is 0 Å². The van der Waals surface area contributed by atoms with Gasteiger partial charge in [0.15, 0.2) is 0 Å². The highest BCUT2D eigenvalue weighted by molar-refractivity contribution is 5.20. The van der Waals surface area contributed by atoms with Gasteiger partial charge in [-0.15, -0.1) is 0 Å². The zero-order chi connectivity index (χ0) is 13.4. The summed E-state index contributed by atoms with van der Waals surface area (Å²) in [6.45, 7) is 8.46. The fourth-order valence-electron chi connectivity index (χ4n) is 2.53. The van der Waals surface area contributed by atoms with Crippen molar-refractivity contribution < 1.29 is 0 Å². The van der Waals surface area contributed by atoms with Crippen LogP contribution in [-0.4, -0.2) is 18.6 Å². The predicted octanol–water partition coefficient (Wildman–Crippen LogP) is 3.29. The topological polar surface area (TPSA) is 38.0 Å². The zero-order valence-electron chi connectivity index (χ0n) is 12.1. The molecule has 2 nitrogen and oxygen atoms in total. The van der Waals surface area contributed by atoms with Crippen LogP contribution in [0.4, 0.5) is 0 Å². The lowest BCUT2D eigenvalue weighted by Crippen LogP contribution is -2.46. The van der Waals surface area contributed by atoms with Crippen LogP contribution in [-0.2, 0) is 0 Å². The molecule has 0 saturated carbocycles. The second-order valence-corrected chi connectivity index (χ2v) is 5.07. The summed E-state index contributed by atoms with van der Waals surface area (Å²) in [6.07, 6.45) is 3.52. The number of nitrogens with one attached hydrogen (secondary N) is 1. The molecule has 1 atom stereocenters. The molecule has 0 bridgehead atoms. The summed E-state index contributed by atoms with van der Waals surface area (Å²) in [5.41, 5.74) is 7.54. The van der Waals surface area contributed by atoms with Crippen molar-refractivity contribution in [1.82, 2.24) is 5.32 Å². The van der Waals surface area contributed by atoms with E-state index in [0.29, 0.717) is 12.5 Å². The van der Waals surface area contributed by atoms with Crippen LogP contribution in [0, 0.1) is 0 Å². The van der Waals surface area contributed by atoms with Gasteiger partial charge < -0.3 is 11.1 Å². The van der Waals surface area contributed by atoms with Crippen LogP contribution in [0.2, 0.25) is 0 Å². The molecule has 0 saturated heterocycles. The summed E-state index contributed by atoms with van der Waals surface area (Å²) in [5.74, 6) is 0.412. The Labute approximate surface area is 112 Å². The summed E-state index contributed by atoms with van der Waals surface area (Å²) in [6, 6.07) is 10.6. The predicted molar refractivity (Wildman–Crippen MR) is 79.8 cm³/mol. The van der Waals surface area contributed by atoms with Crippen molar-refractivity contribution in [2.45, 2.75) is 51.5 Å². The number of hydrogen-bond acceptors (Lipinski definition) is 2. The summed E-state index contributed by atoms with van der Waals surface area (Å²) >= 11 is 0. The van der Waals surface area contributed by atoms with Crippen LogP contribution in [0.3, 0.4) is 0 Å². The number of benzene rings is 1.